The van der Waals surface area contributed by atoms with Crippen LogP contribution in [0.1, 0.15) is 271 Å². The fourth-order valence-electron chi connectivity index (χ4n) is 7.69. The Bertz CT molecular complexity index is 780. The number of aliphatic hydroxyl groups is 2. The molecule has 4 heteroatoms. The lowest BCUT2D eigenvalue weighted by atomic mass is 10.0. The van der Waals surface area contributed by atoms with Crippen LogP contribution in [0.4, 0.5) is 0 Å². The van der Waals surface area contributed by atoms with Crippen LogP contribution in [0.25, 0.3) is 0 Å². The van der Waals surface area contributed by atoms with Crippen LogP contribution in [0.3, 0.4) is 0 Å². The Morgan fingerprint density at radius 1 is 0.444 bits per heavy atom. The molecule has 0 spiro atoms. The van der Waals surface area contributed by atoms with E-state index < -0.39 is 12.1 Å². The molecular weight excluding hydrogens is 663 g/mol. The minimum atomic E-state index is -0.664. The Morgan fingerprint density at radius 3 is 1.15 bits per heavy atom. The van der Waals surface area contributed by atoms with Gasteiger partial charge in [0.05, 0.1) is 18.8 Å². The molecule has 0 fully saturated rings. The van der Waals surface area contributed by atoms with Crippen LogP contribution in [-0.2, 0) is 4.79 Å². The van der Waals surface area contributed by atoms with Gasteiger partial charge in [0.2, 0.25) is 5.91 Å². The van der Waals surface area contributed by atoms with E-state index in [1.165, 1.54) is 199 Å². The quantitative estimate of drug-likeness (QED) is 0.0428. The van der Waals surface area contributed by atoms with Gasteiger partial charge in [-0.2, -0.15) is 0 Å². The van der Waals surface area contributed by atoms with Crippen molar-refractivity contribution in [3.05, 3.63) is 24.3 Å². The molecule has 4 nitrogen and oxygen atoms in total. The van der Waals surface area contributed by atoms with E-state index in [1.807, 2.05) is 0 Å². The number of allylic oxidation sites excluding steroid dienone is 4. The molecule has 3 N–H and O–H groups in total. The van der Waals surface area contributed by atoms with E-state index in [1.54, 1.807) is 0 Å². The number of aliphatic hydroxyl groups excluding tert-OH is 2. The number of amides is 1. The SMILES string of the molecule is CCCCC/C=C\C/C=C\CCCCCCCC(=O)NC(CO)C(O)CCCCCCCCCCCCCCCCCCCCCCCCCCCCC. The topological polar surface area (TPSA) is 69.6 Å². The van der Waals surface area contributed by atoms with Crippen LogP contribution < -0.4 is 5.32 Å². The Balaban J connectivity index is 3.44. The highest BCUT2D eigenvalue weighted by atomic mass is 16.3. The summed E-state index contributed by atoms with van der Waals surface area (Å²) in [6, 6.07) is -0.542. The van der Waals surface area contributed by atoms with Crippen LogP contribution in [0.2, 0.25) is 0 Å². The number of carbonyl (C=O) groups excluding carboxylic acids is 1. The fourth-order valence-corrected chi connectivity index (χ4v) is 7.69. The van der Waals surface area contributed by atoms with Gasteiger partial charge in [-0.25, -0.2) is 0 Å². The van der Waals surface area contributed by atoms with Gasteiger partial charge in [-0.1, -0.05) is 244 Å². The third-order valence-corrected chi connectivity index (χ3v) is 11.5. The molecule has 0 aromatic heterocycles. The first-order valence-electron chi connectivity index (χ1n) is 24.5. The summed E-state index contributed by atoms with van der Waals surface area (Å²) < 4.78 is 0. The molecule has 0 bridgehead atoms. The van der Waals surface area contributed by atoms with Crippen molar-refractivity contribution in [2.24, 2.45) is 0 Å². The van der Waals surface area contributed by atoms with Crippen molar-refractivity contribution in [1.29, 1.82) is 0 Å². The number of hydrogen-bond donors (Lipinski definition) is 3. The van der Waals surface area contributed by atoms with Crippen LogP contribution in [-0.4, -0.2) is 34.9 Å². The highest BCUT2D eigenvalue weighted by Gasteiger charge is 2.20. The number of unbranched alkanes of at least 4 members (excludes halogenated alkanes) is 34. The molecule has 320 valence electrons. The lowest BCUT2D eigenvalue weighted by molar-refractivity contribution is -0.123. The minimum absolute atomic E-state index is 0.0426. The highest BCUT2D eigenvalue weighted by molar-refractivity contribution is 5.76. The van der Waals surface area contributed by atoms with Gasteiger partial charge in [-0.05, 0) is 44.9 Å². The highest BCUT2D eigenvalue weighted by Crippen LogP contribution is 2.17. The Kier molecular flexibility index (Phi) is 45.3. The molecule has 2 atom stereocenters. The van der Waals surface area contributed by atoms with Crippen molar-refractivity contribution >= 4 is 5.91 Å². The van der Waals surface area contributed by atoms with Gasteiger partial charge in [0.15, 0.2) is 0 Å². The van der Waals surface area contributed by atoms with E-state index in [2.05, 4.69) is 43.5 Å². The minimum Gasteiger partial charge on any atom is -0.394 e. The van der Waals surface area contributed by atoms with Gasteiger partial charge in [0.1, 0.15) is 0 Å². The third kappa shape index (κ3) is 42.0. The summed E-state index contributed by atoms with van der Waals surface area (Å²) in [6.07, 6.45) is 60.0. The first-order chi connectivity index (χ1) is 26.7. The summed E-state index contributed by atoms with van der Waals surface area (Å²) in [4.78, 5) is 12.4. The van der Waals surface area contributed by atoms with E-state index in [9.17, 15) is 15.0 Å². The maximum absolute atomic E-state index is 12.4. The van der Waals surface area contributed by atoms with Crippen molar-refractivity contribution in [2.75, 3.05) is 6.61 Å². The summed E-state index contributed by atoms with van der Waals surface area (Å²) in [5.74, 6) is -0.0426. The second-order valence-corrected chi connectivity index (χ2v) is 16.9. The summed E-state index contributed by atoms with van der Waals surface area (Å²) in [6.45, 7) is 4.34. The monoisotopic (exact) mass is 760 g/mol. The summed E-state index contributed by atoms with van der Waals surface area (Å²) in [5, 5.41) is 23.2. The summed E-state index contributed by atoms with van der Waals surface area (Å²) in [7, 11) is 0. The zero-order valence-corrected chi connectivity index (χ0v) is 36.8. The van der Waals surface area contributed by atoms with Gasteiger partial charge < -0.3 is 15.5 Å². The molecule has 1 amide bonds. The molecule has 0 saturated heterocycles. The molecule has 0 rings (SSSR count). The van der Waals surface area contributed by atoms with Crippen molar-refractivity contribution < 1.29 is 15.0 Å². The third-order valence-electron chi connectivity index (χ3n) is 11.5. The molecule has 0 aliphatic rings. The second-order valence-electron chi connectivity index (χ2n) is 16.9. The summed E-state index contributed by atoms with van der Waals surface area (Å²) in [5.41, 5.74) is 0. The molecule has 0 radical (unpaired) electrons. The van der Waals surface area contributed by atoms with E-state index in [0.717, 1.165) is 44.9 Å². The van der Waals surface area contributed by atoms with Gasteiger partial charge in [0.25, 0.3) is 0 Å². The number of hydrogen-bond acceptors (Lipinski definition) is 3. The average molecular weight is 760 g/mol. The Labute approximate surface area is 339 Å². The predicted molar refractivity (Wildman–Crippen MR) is 239 cm³/mol. The van der Waals surface area contributed by atoms with Gasteiger partial charge in [-0.15, -0.1) is 0 Å². The largest absolute Gasteiger partial charge is 0.394 e. The molecule has 0 saturated carbocycles. The molecular formula is C50H97NO3. The normalized spacial score (nSPS) is 13.0. The smallest absolute Gasteiger partial charge is 0.220 e. The van der Waals surface area contributed by atoms with Crippen molar-refractivity contribution in [1.82, 2.24) is 5.32 Å². The van der Waals surface area contributed by atoms with Crippen molar-refractivity contribution in [3.63, 3.8) is 0 Å². The second kappa shape index (κ2) is 46.3. The van der Waals surface area contributed by atoms with Gasteiger partial charge >= 0.3 is 0 Å². The summed E-state index contributed by atoms with van der Waals surface area (Å²) >= 11 is 0. The lowest BCUT2D eigenvalue weighted by Crippen LogP contribution is -2.45. The standard InChI is InChI=1S/C50H97NO3/c1-3-5-7-9-11-13-15-17-19-20-21-22-23-24-25-26-27-28-29-30-32-33-35-37-39-41-43-45-49(53)48(47-52)51-50(54)46-44-42-40-38-36-34-31-18-16-14-12-10-8-6-4-2/h12,14,18,31,48-49,52-53H,3-11,13,15-17,19-30,32-47H2,1-2H3,(H,51,54)/b14-12-,31-18-. The van der Waals surface area contributed by atoms with E-state index in [0.29, 0.717) is 12.8 Å². The van der Waals surface area contributed by atoms with Crippen LogP contribution >= 0.6 is 0 Å². The van der Waals surface area contributed by atoms with Crippen molar-refractivity contribution in [2.45, 2.75) is 283 Å². The van der Waals surface area contributed by atoms with E-state index in [4.69, 9.17) is 0 Å². The van der Waals surface area contributed by atoms with Crippen molar-refractivity contribution in [3.8, 4) is 0 Å². The van der Waals surface area contributed by atoms with Crippen LogP contribution in [0, 0.1) is 0 Å². The number of nitrogens with one attached hydrogen (secondary N) is 1. The van der Waals surface area contributed by atoms with Crippen LogP contribution in [0.15, 0.2) is 24.3 Å². The Hall–Kier alpha value is -1.13. The molecule has 0 aromatic rings. The zero-order chi connectivity index (χ0) is 39.3. The number of rotatable bonds is 45. The van der Waals surface area contributed by atoms with Crippen LogP contribution in [0.5, 0.6) is 0 Å². The van der Waals surface area contributed by atoms with Gasteiger partial charge in [0, 0.05) is 6.42 Å². The van der Waals surface area contributed by atoms with E-state index in [-0.39, 0.29) is 12.5 Å². The molecule has 0 aliphatic carbocycles. The average Bonchev–Trinajstić information content (AvgIpc) is 3.18. The maximum Gasteiger partial charge on any atom is 0.220 e. The molecule has 0 aromatic carbocycles. The lowest BCUT2D eigenvalue weighted by Gasteiger charge is -2.22. The van der Waals surface area contributed by atoms with E-state index >= 15 is 0 Å². The Morgan fingerprint density at radius 2 is 0.759 bits per heavy atom. The predicted octanol–water partition coefficient (Wildman–Crippen LogP) is 15.6. The molecule has 2 unspecified atom stereocenters. The maximum atomic E-state index is 12.4. The van der Waals surface area contributed by atoms with Gasteiger partial charge in [-0.3, -0.25) is 4.79 Å². The first-order valence-corrected chi connectivity index (χ1v) is 24.5. The first kappa shape index (κ1) is 52.9. The molecule has 0 aliphatic heterocycles. The fraction of sp³-hybridized carbons (Fsp3) is 0.900. The number of carbonyl (C=O) groups is 1. The zero-order valence-electron chi connectivity index (χ0n) is 36.8. The molecule has 54 heavy (non-hydrogen) atoms. The molecule has 0 heterocycles.